The van der Waals surface area contributed by atoms with Crippen LogP contribution < -0.4 is 9.47 Å². The van der Waals surface area contributed by atoms with Gasteiger partial charge >= 0.3 is 0 Å². The van der Waals surface area contributed by atoms with Crippen LogP contribution in [0, 0.1) is 13.8 Å². The average Bonchev–Trinajstić information content (AvgIpc) is 3.35. The molecule has 1 aromatic carbocycles. The minimum Gasteiger partial charge on any atom is -0.493 e. The van der Waals surface area contributed by atoms with E-state index in [4.69, 9.17) is 14.0 Å². The van der Waals surface area contributed by atoms with E-state index < -0.39 is 0 Å². The topological polar surface area (TPSA) is 75.2 Å². The number of rotatable bonds is 7. The molecule has 1 aliphatic rings. The van der Waals surface area contributed by atoms with Crippen molar-refractivity contribution < 1.29 is 14.0 Å². The van der Waals surface area contributed by atoms with E-state index in [0.29, 0.717) is 17.5 Å². The van der Waals surface area contributed by atoms with Crippen molar-refractivity contribution in [3.63, 3.8) is 0 Å². The van der Waals surface area contributed by atoms with Gasteiger partial charge < -0.3 is 14.0 Å². The lowest BCUT2D eigenvalue weighted by Crippen LogP contribution is -2.15. The highest BCUT2D eigenvalue weighted by Crippen LogP contribution is 2.38. The smallest absolute Gasteiger partial charge is 0.192 e. The van der Waals surface area contributed by atoms with Crippen molar-refractivity contribution in [3.8, 4) is 22.9 Å². The van der Waals surface area contributed by atoms with E-state index in [1.807, 2.05) is 32.0 Å². The van der Waals surface area contributed by atoms with Crippen LogP contribution in [0.3, 0.4) is 0 Å². The normalized spacial score (nSPS) is 14.8. The number of benzene rings is 1. The summed E-state index contributed by atoms with van der Waals surface area (Å²) in [5.74, 6) is 3.90. The second-order valence-corrected chi connectivity index (χ2v) is 8.57. The highest BCUT2D eigenvalue weighted by atomic mass is 32.2. The first kappa shape index (κ1) is 20.8. The minimum absolute atomic E-state index is 0.406. The number of nitrogens with zero attached hydrogens (tertiary/aromatic N) is 4. The molecule has 1 saturated carbocycles. The maximum absolute atomic E-state index is 5.51. The van der Waals surface area contributed by atoms with E-state index in [0.717, 1.165) is 52.2 Å². The molecule has 0 bridgehead atoms. The third-order valence-corrected chi connectivity index (χ3v) is 6.74. The molecule has 4 rings (SSSR count). The van der Waals surface area contributed by atoms with Gasteiger partial charge in [-0.3, -0.25) is 4.57 Å². The maximum atomic E-state index is 5.51. The number of thioether (sulfide) groups is 1. The van der Waals surface area contributed by atoms with E-state index in [1.54, 1.807) is 26.0 Å². The molecule has 0 unspecified atom stereocenters. The van der Waals surface area contributed by atoms with Gasteiger partial charge in [-0.2, -0.15) is 0 Å². The fraction of sp³-hybridized carbons (Fsp3) is 0.500. The zero-order chi connectivity index (χ0) is 21.1. The molecule has 0 atom stereocenters. The summed E-state index contributed by atoms with van der Waals surface area (Å²) in [6.07, 6.45) is 6.07. The monoisotopic (exact) mass is 428 g/mol. The molecular formula is C22H28N4O3S. The molecule has 2 heterocycles. The molecule has 0 saturated heterocycles. The van der Waals surface area contributed by atoms with Crippen LogP contribution in [0.1, 0.15) is 55.2 Å². The van der Waals surface area contributed by atoms with E-state index in [1.165, 1.54) is 19.3 Å². The molecule has 0 spiro atoms. The Morgan fingerprint density at radius 3 is 2.50 bits per heavy atom. The highest BCUT2D eigenvalue weighted by Gasteiger charge is 2.25. The van der Waals surface area contributed by atoms with Crippen LogP contribution in [0.15, 0.2) is 27.9 Å². The van der Waals surface area contributed by atoms with Gasteiger partial charge in [-0.1, -0.05) is 36.2 Å². The van der Waals surface area contributed by atoms with Crippen LogP contribution >= 0.6 is 11.8 Å². The molecule has 2 aromatic heterocycles. The Labute approximate surface area is 181 Å². The predicted octanol–water partition coefficient (Wildman–Crippen LogP) is 5.36. The quantitative estimate of drug-likeness (QED) is 0.469. The van der Waals surface area contributed by atoms with E-state index in [2.05, 4.69) is 19.9 Å². The minimum atomic E-state index is 0.406. The van der Waals surface area contributed by atoms with Gasteiger partial charge in [0, 0.05) is 22.9 Å². The molecular weight excluding hydrogens is 400 g/mol. The fourth-order valence-corrected chi connectivity index (χ4v) is 5.22. The molecule has 7 nitrogen and oxygen atoms in total. The van der Waals surface area contributed by atoms with Gasteiger partial charge in [0.15, 0.2) is 22.5 Å². The van der Waals surface area contributed by atoms with Crippen molar-refractivity contribution in [1.29, 1.82) is 0 Å². The summed E-state index contributed by atoms with van der Waals surface area (Å²) in [5.41, 5.74) is 3.05. The Morgan fingerprint density at radius 1 is 1.07 bits per heavy atom. The van der Waals surface area contributed by atoms with E-state index in [-0.39, 0.29) is 0 Å². The van der Waals surface area contributed by atoms with Gasteiger partial charge in [0.2, 0.25) is 0 Å². The van der Waals surface area contributed by atoms with Crippen LogP contribution in [0.2, 0.25) is 0 Å². The van der Waals surface area contributed by atoms with Crippen LogP contribution in [-0.2, 0) is 5.75 Å². The van der Waals surface area contributed by atoms with Crippen LogP contribution in [0.25, 0.3) is 11.4 Å². The van der Waals surface area contributed by atoms with Crippen molar-refractivity contribution in [1.82, 2.24) is 19.9 Å². The first-order valence-electron chi connectivity index (χ1n) is 10.3. The fourth-order valence-electron chi connectivity index (χ4n) is 4.06. The maximum Gasteiger partial charge on any atom is 0.192 e. The SMILES string of the molecule is COc1ccc(-c2nnc(SCc3c(C)noc3C)n2C2CCCCC2)cc1OC. The number of aryl methyl sites for hydroxylation is 2. The summed E-state index contributed by atoms with van der Waals surface area (Å²) < 4.78 is 18.5. The predicted molar refractivity (Wildman–Crippen MR) is 116 cm³/mol. The summed E-state index contributed by atoms with van der Waals surface area (Å²) in [5, 5.41) is 14.2. The van der Waals surface area contributed by atoms with Gasteiger partial charge in [0.05, 0.1) is 19.9 Å². The number of methoxy groups -OCH3 is 2. The number of hydrogen-bond donors (Lipinski definition) is 0. The Morgan fingerprint density at radius 2 is 1.83 bits per heavy atom. The van der Waals surface area contributed by atoms with Crippen molar-refractivity contribution in [2.45, 2.75) is 62.9 Å². The van der Waals surface area contributed by atoms with Crippen molar-refractivity contribution >= 4 is 11.8 Å². The van der Waals surface area contributed by atoms with E-state index >= 15 is 0 Å². The molecule has 8 heteroatoms. The molecule has 1 fully saturated rings. The van der Waals surface area contributed by atoms with E-state index in [9.17, 15) is 0 Å². The van der Waals surface area contributed by atoms with Crippen molar-refractivity contribution in [3.05, 3.63) is 35.2 Å². The third kappa shape index (κ3) is 4.05. The summed E-state index contributed by atoms with van der Waals surface area (Å²) in [6, 6.07) is 6.33. The van der Waals surface area contributed by atoms with Gasteiger partial charge in [0.1, 0.15) is 5.76 Å². The van der Waals surface area contributed by atoms with Gasteiger partial charge in [-0.05, 0) is 44.9 Å². The summed E-state index contributed by atoms with van der Waals surface area (Å²) in [4.78, 5) is 0. The molecule has 160 valence electrons. The van der Waals surface area contributed by atoms with Gasteiger partial charge in [-0.25, -0.2) is 0 Å². The first-order chi connectivity index (χ1) is 14.6. The second kappa shape index (κ2) is 9.12. The second-order valence-electron chi connectivity index (χ2n) is 7.63. The molecule has 0 aliphatic heterocycles. The van der Waals surface area contributed by atoms with Gasteiger partial charge in [0.25, 0.3) is 0 Å². The zero-order valence-electron chi connectivity index (χ0n) is 18.0. The molecule has 30 heavy (non-hydrogen) atoms. The third-order valence-electron chi connectivity index (χ3n) is 5.77. The average molecular weight is 429 g/mol. The lowest BCUT2D eigenvalue weighted by molar-refractivity contribution is 0.339. The summed E-state index contributed by atoms with van der Waals surface area (Å²) in [6.45, 7) is 3.93. The lowest BCUT2D eigenvalue weighted by atomic mass is 9.95. The number of ether oxygens (including phenoxy) is 2. The highest BCUT2D eigenvalue weighted by molar-refractivity contribution is 7.98. The molecule has 3 aromatic rings. The summed E-state index contributed by atoms with van der Waals surface area (Å²) in [7, 11) is 3.30. The Balaban J connectivity index is 1.70. The standard InChI is InChI=1S/C22H28N4O3S/c1-14-18(15(2)29-25-14)13-30-22-24-23-21(26(22)17-8-6-5-7-9-17)16-10-11-19(27-3)20(12-16)28-4/h10-12,17H,5-9,13H2,1-4H3. The lowest BCUT2D eigenvalue weighted by Gasteiger charge is -2.25. The molecule has 0 amide bonds. The molecule has 0 N–H and O–H groups in total. The largest absolute Gasteiger partial charge is 0.493 e. The van der Waals surface area contributed by atoms with Crippen LogP contribution in [-0.4, -0.2) is 34.1 Å². The Kier molecular flexibility index (Phi) is 6.32. The summed E-state index contributed by atoms with van der Waals surface area (Å²) >= 11 is 1.69. The van der Waals surface area contributed by atoms with Crippen LogP contribution in [0.4, 0.5) is 0 Å². The number of hydrogen-bond acceptors (Lipinski definition) is 7. The number of aromatic nitrogens is 4. The Hall–Kier alpha value is -2.48. The Bertz CT molecular complexity index is 988. The first-order valence-corrected chi connectivity index (χ1v) is 11.3. The molecule has 0 radical (unpaired) electrons. The van der Waals surface area contributed by atoms with Crippen molar-refractivity contribution in [2.75, 3.05) is 14.2 Å². The van der Waals surface area contributed by atoms with Gasteiger partial charge in [-0.15, -0.1) is 10.2 Å². The zero-order valence-corrected chi connectivity index (χ0v) is 18.8. The van der Waals surface area contributed by atoms with Crippen molar-refractivity contribution in [2.24, 2.45) is 0 Å². The molecule has 1 aliphatic carbocycles. The van der Waals surface area contributed by atoms with Crippen LogP contribution in [0.5, 0.6) is 11.5 Å².